The topological polar surface area (TPSA) is 60.5 Å². The van der Waals surface area contributed by atoms with Crippen LogP contribution in [0, 0.1) is 0 Å². The number of carbonyl (C=O) groups excluding carboxylic acids is 1. The van der Waals surface area contributed by atoms with E-state index in [1.165, 1.54) is 0 Å². The molecule has 0 radical (unpaired) electrons. The number of aryl methyl sites for hydroxylation is 1. The molecule has 0 spiro atoms. The Balaban J connectivity index is 2.14. The van der Waals surface area contributed by atoms with E-state index in [4.69, 9.17) is 10.5 Å². The summed E-state index contributed by atoms with van der Waals surface area (Å²) in [6, 6.07) is 1.72. The van der Waals surface area contributed by atoms with Crippen molar-refractivity contribution in [3.8, 4) is 0 Å². The highest BCUT2D eigenvalue weighted by molar-refractivity contribution is 5.93. The Morgan fingerprint density at radius 1 is 1.44 bits per heavy atom. The molecule has 0 atom stereocenters. The van der Waals surface area contributed by atoms with Crippen molar-refractivity contribution in [2.75, 3.05) is 32.0 Å². The van der Waals surface area contributed by atoms with E-state index < -0.39 is 0 Å². The number of carbonyl (C=O) groups is 1. The van der Waals surface area contributed by atoms with Crippen molar-refractivity contribution >= 4 is 11.6 Å². The predicted molar refractivity (Wildman–Crippen MR) is 61.2 cm³/mol. The van der Waals surface area contributed by atoms with Gasteiger partial charge in [0.05, 0.1) is 12.3 Å². The molecule has 1 aliphatic heterocycles. The zero-order valence-corrected chi connectivity index (χ0v) is 9.48. The molecule has 2 rings (SSSR count). The fourth-order valence-corrected chi connectivity index (χ4v) is 1.91. The van der Waals surface area contributed by atoms with Crippen molar-refractivity contribution in [3.05, 3.63) is 18.0 Å². The Labute approximate surface area is 94.8 Å². The number of hydrogen-bond donors (Lipinski definition) is 1. The van der Waals surface area contributed by atoms with Crippen LogP contribution in [0.2, 0.25) is 0 Å². The van der Waals surface area contributed by atoms with Crippen molar-refractivity contribution in [2.45, 2.75) is 6.42 Å². The fourth-order valence-electron chi connectivity index (χ4n) is 1.91. The van der Waals surface area contributed by atoms with Gasteiger partial charge in [-0.25, -0.2) is 0 Å². The second-order valence-corrected chi connectivity index (χ2v) is 4.03. The van der Waals surface area contributed by atoms with Gasteiger partial charge in [0.1, 0.15) is 5.69 Å². The summed E-state index contributed by atoms with van der Waals surface area (Å²) in [5, 5.41) is 0. The summed E-state index contributed by atoms with van der Waals surface area (Å²) in [7, 11) is 1.83. The van der Waals surface area contributed by atoms with Gasteiger partial charge in [0.15, 0.2) is 0 Å². The van der Waals surface area contributed by atoms with E-state index in [9.17, 15) is 4.79 Å². The molecular formula is C11H17N3O2. The van der Waals surface area contributed by atoms with Crippen LogP contribution in [0.3, 0.4) is 0 Å². The molecule has 2 heterocycles. The van der Waals surface area contributed by atoms with E-state index in [-0.39, 0.29) is 5.91 Å². The smallest absolute Gasteiger partial charge is 0.270 e. The minimum atomic E-state index is 0.0321. The first-order valence-corrected chi connectivity index (χ1v) is 5.47. The third kappa shape index (κ3) is 2.19. The third-order valence-corrected chi connectivity index (χ3v) is 2.75. The highest BCUT2D eigenvalue weighted by Crippen LogP contribution is 2.12. The Bertz CT molecular complexity index is 379. The van der Waals surface area contributed by atoms with Crippen LogP contribution in [0.25, 0.3) is 0 Å². The number of nitrogen functional groups attached to an aromatic ring is 1. The van der Waals surface area contributed by atoms with Gasteiger partial charge in [-0.15, -0.1) is 0 Å². The van der Waals surface area contributed by atoms with Gasteiger partial charge in [0.2, 0.25) is 0 Å². The summed E-state index contributed by atoms with van der Waals surface area (Å²) in [5.41, 5.74) is 6.92. The molecule has 0 saturated carbocycles. The van der Waals surface area contributed by atoms with Crippen molar-refractivity contribution in [1.82, 2.24) is 9.47 Å². The quantitative estimate of drug-likeness (QED) is 0.753. The summed E-state index contributed by atoms with van der Waals surface area (Å²) in [6.07, 6.45) is 2.65. The van der Waals surface area contributed by atoms with Crippen LogP contribution in [0.1, 0.15) is 16.9 Å². The van der Waals surface area contributed by atoms with Crippen molar-refractivity contribution in [1.29, 1.82) is 0 Å². The summed E-state index contributed by atoms with van der Waals surface area (Å²) in [5.74, 6) is 0.0321. The molecule has 5 nitrogen and oxygen atoms in total. The summed E-state index contributed by atoms with van der Waals surface area (Å²) >= 11 is 0. The third-order valence-electron chi connectivity index (χ3n) is 2.75. The summed E-state index contributed by atoms with van der Waals surface area (Å²) in [4.78, 5) is 14.0. The average Bonchev–Trinajstić information content (AvgIpc) is 2.49. The Morgan fingerprint density at radius 3 is 2.94 bits per heavy atom. The van der Waals surface area contributed by atoms with Gasteiger partial charge in [-0.05, 0) is 12.5 Å². The lowest BCUT2D eigenvalue weighted by Gasteiger charge is -2.19. The van der Waals surface area contributed by atoms with Gasteiger partial charge in [0, 0.05) is 32.9 Å². The molecular weight excluding hydrogens is 206 g/mol. The number of rotatable bonds is 1. The van der Waals surface area contributed by atoms with Gasteiger partial charge in [-0.2, -0.15) is 0 Å². The zero-order chi connectivity index (χ0) is 11.5. The maximum Gasteiger partial charge on any atom is 0.270 e. The maximum atomic E-state index is 12.2. The van der Waals surface area contributed by atoms with E-state index in [0.29, 0.717) is 24.5 Å². The molecule has 1 aliphatic rings. The number of nitrogens with two attached hydrogens (primary N) is 1. The minimum absolute atomic E-state index is 0.0321. The molecule has 5 heteroatoms. The lowest BCUT2D eigenvalue weighted by Crippen LogP contribution is -2.34. The van der Waals surface area contributed by atoms with Crippen molar-refractivity contribution in [3.63, 3.8) is 0 Å². The highest BCUT2D eigenvalue weighted by atomic mass is 16.5. The zero-order valence-electron chi connectivity index (χ0n) is 9.48. The second kappa shape index (κ2) is 4.57. The SMILES string of the molecule is Cn1cc(N)cc1C(=O)N1CCCOCC1. The normalized spacial score (nSPS) is 17.2. The number of aromatic nitrogens is 1. The van der Waals surface area contributed by atoms with Gasteiger partial charge in [-0.3, -0.25) is 4.79 Å². The molecule has 0 aliphatic carbocycles. The largest absolute Gasteiger partial charge is 0.397 e. The van der Waals surface area contributed by atoms with Crippen molar-refractivity contribution in [2.24, 2.45) is 7.05 Å². The van der Waals surface area contributed by atoms with Crippen LogP contribution < -0.4 is 5.73 Å². The molecule has 88 valence electrons. The first-order chi connectivity index (χ1) is 7.68. The number of amides is 1. The lowest BCUT2D eigenvalue weighted by molar-refractivity contribution is 0.0732. The molecule has 1 aromatic rings. The molecule has 1 amide bonds. The van der Waals surface area contributed by atoms with Crippen LogP contribution in [0.15, 0.2) is 12.3 Å². The van der Waals surface area contributed by atoms with E-state index in [1.54, 1.807) is 16.8 Å². The molecule has 0 unspecified atom stereocenters. The summed E-state index contributed by atoms with van der Waals surface area (Å²) < 4.78 is 7.09. The molecule has 1 saturated heterocycles. The van der Waals surface area contributed by atoms with E-state index in [1.807, 2.05) is 11.9 Å². The first-order valence-electron chi connectivity index (χ1n) is 5.47. The molecule has 1 fully saturated rings. The van der Waals surface area contributed by atoms with Crippen LogP contribution in [-0.2, 0) is 11.8 Å². The number of anilines is 1. The Hall–Kier alpha value is -1.49. The fraction of sp³-hybridized carbons (Fsp3) is 0.545. The molecule has 0 bridgehead atoms. The minimum Gasteiger partial charge on any atom is -0.397 e. The monoisotopic (exact) mass is 223 g/mol. The first kappa shape index (κ1) is 11.0. The number of hydrogen-bond acceptors (Lipinski definition) is 3. The predicted octanol–water partition coefficient (Wildman–Crippen LogP) is 0.470. The van der Waals surface area contributed by atoms with E-state index >= 15 is 0 Å². The maximum absolute atomic E-state index is 12.2. The van der Waals surface area contributed by atoms with Crippen LogP contribution >= 0.6 is 0 Å². The summed E-state index contributed by atoms with van der Waals surface area (Å²) in [6.45, 7) is 2.76. The standard InChI is InChI=1S/C11H17N3O2/c1-13-8-9(12)7-10(13)11(15)14-3-2-5-16-6-4-14/h7-8H,2-6,12H2,1H3. The second-order valence-electron chi connectivity index (χ2n) is 4.03. The molecule has 16 heavy (non-hydrogen) atoms. The molecule has 0 aromatic carbocycles. The highest BCUT2D eigenvalue weighted by Gasteiger charge is 2.19. The number of ether oxygens (including phenoxy) is 1. The Morgan fingerprint density at radius 2 is 2.25 bits per heavy atom. The molecule has 1 aromatic heterocycles. The average molecular weight is 223 g/mol. The van der Waals surface area contributed by atoms with Gasteiger partial charge >= 0.3 is 0 Å². The van der Waals surface area contributed by atoms with Crippen LogP contribution in [0.4, 0.5) is 5.69 Å². The van der Waals surface area contributed by atoms with Crippen molar-refractivity contribution < 1.29 is 9.53 Å². The van der Waals surface area contributed by atoms with Gasteiger partial charge < -0.3 is 19.9 Å². The van der Waals surface area contributed by atoms with Crippen LogP contribution in [0.5, 0.6) is 0 Å². The number of nitrogens with zero attached hydrogens (tertiary/aromatic N) is 2. The van der Waals surface area contributed by atoms with E-state index in [0.717, 1.165) is 19.6 Å². The van der Waals surface area contributed by atoms with Gasteiger partial charge in [0.25, 0.3) is 5.91 Å². The Kier molecular flexibility index (Phi) is 3.14. The van der Waals surface area contributed by atoms with E-state index in [2.05, 4.69) is 0 Å². The van der Waals surface area contributed by atoms with Crippen LogP contribution in [-0.4, -0.2) is 41.7 Å². The lowest BCUT2D eigenvalue weighted by atomic mass is 10.3. The molecule has 2 N–H and O–H groups in total. The van der Waals surface area contributed by atoms with Gasteiger partial charge in [-0.1, -0.05) is 0 Å².